The van der Waals surface area contributed by atoms with Gasteiger partial charge in [-0.05, 0) is 54.3 Å². The molecule has 3 nitrogen and oxygen atoms in total. The van der Waals surface area contributed by atoms with Gasteiger partial charge in [0.25, 0.3) is 0 Å². The first-order valence-electron chi connectivity index (χ1n) is 8.00. The molecule has 0 radical (unpaired) electrons. The quantitative estimate of drug-likeness (QED) is 0.414. The van der Waals surface area contributed by atoms with Crippen molar-refractivity contribution in [1.82, 2.24) is 0 Å². The van der Waals surface area contributed by atoms with Crippen molar-refractivity contribution < 1.29 is 13.2 Å². The fourth-order valence-electron chi connectivity index (χ4n) is 2.94. The van der Waals surface area contributed by atoms with Crippen LogP contribution in [0, 0.1) is 0 Å². The predicted molar refractivity (Wildman–Crippen MR) is 103 cm³/mol. The highest BCUT2D eigenvalue weighted by Crippen LogP contribution is 2.35. The van der Waals surface area contributed by atoms with Gasteiger partial charge in [0.1, 0.15) is 0 Å². The lowest BCUT2D eigenvalue weighted by Gasteiger charge is -2.30. The van der Waals surface area contributed by atoms with Crippen molar-refractivity contribution in [2.45, 2.75) is 24.8 Å². The van der Waals surface area contributed by atoms with E-state index < -0.39 is 11.7 Å². The standard InChI is InChI=1S/C18H17ClF3N3S/c19-14-5-3-11(10-26)8-15(14)24-17(23)25-7-1-2-12-9-13(18(20,21)22)4-6-16(12)25/h3-6,8-9,26H,1-2,7,10H2,(H2,23,24). The van der Waals surface area contributed by atoms with E-state index in [2.05, 4.69) is 17.6 Å². The molecule has 0 aliphatic carbocycles. The monoisotopic (exact) mass is 399 g/mol. The van der Waals surface area contributed by atoms with E-state index in [4.69, 9.17) is 17.3 Å². The molecule has 1 heterocycles. The van der Waals surface area contributed by atoms with E-state index in [0.717, 1.165) is 11.6 Å². The predicted octanol–water partition coefficient (Wildman–Crippen LogP) is 5.19. The molecule has 2 N–H and O–H groups in total. The molecule has 1 aliphatic rings. The number of alkyl halides is 3. The molecule has 0 unspecified atom stereocenters. The third-order valence-electron chi connectivity index (χ3n) is 4.23. The maximum absolute atomic E-state index is 12.9. The lowest BCUT2D eigenvalue weighted by Crippen LogP contribution is -2.40. The number of aryl methyl sites for hydroxylation is 1. The average molecular weight is 400 g/mol. The Bertz CT molecular complexity index is 852. The second-order valence-corrected chi connectivity index (χ2v) is 6.73. The zero-order valence-corrected chi connectivity index (χ0v) is 15.4. The average Bonchev–Trinajstić information content (AvgIpc) is 2.61. The third kappa shape index (κ3) is 3.94. The van der Waals surface area contributed by atoms with E-state index in [1.165, 1.54) is 12.1 Å². The number of thiol groups is 1. The number of guanidine groups is 1. The van der Waals surface area contributed by atoms with E-state index >= 15 is 0 Å². The molecule has 0 saturated carbocycles. The number of fused-ring (bicyclic) bond motifs is 1. The number of halogens is 4. The topological polar surface area (TPSA) is 41.6 Å². The third-order valence-corrected chi connectivity index (χ3v) is 4.91. The Morgan fingerprint density at radius 3 is 2.69 bits per heavy atom. The van der Waals surface area contributed by atoms with Crippen LogP contribution in [0.2, 0.25) is 5.02 Å². The van der Waals surface area contributed by atoms with Gasteiger partial charge in [-0.15, -0.1) is 0 Å². The van der Waals surface area contributed by atoms with Gasteiger partial charge in [0.2, 0.25) is 5.96 Å². The van der Waals surface area contributed by atoms with Gasteiger partial charge in [-0.1, -0.05) is 17.7 Å². The molecule has 138 valence electrons. The molecule has 0 saturated heterocycles. The molecule has 0 amide bonds. The summed E-state index contributed by atoms with van der Waals surface area (Å²) in [5.74, 6) is 0.732. The minimum atomic E-state index is -4.36. The van der Waals surface area contributed by atoms with Gasteiger partial charge in [0.15, 0.2) is 0 Å². The van der Waals surface area contributed by atoms with Gasteiger partial charge in [-0.2, -0.15) is 25.8 Å². The molecule has 0 atom stereocenters. The molecule has 0 aromatic heterocycles. The summed E-state index contributed by atoms with van der Waals surface area (Å²) in [5.41, 5.74) is 8.21. The summed E-state index contributed by atoms with van der Waals surface area (Å²) in [6, 6.07) is 9.06. The van der Waals surface area contributed by atoms with E-state index in [0.29, 0.717) is 47.1 Å². The van der Waals surface area contributed by atoms with Gasteiger partial charge in [0.05, 0.1) is 16.3 Å². The molecule has 2 aromatic carbocycles. The van der Waals surface area contributed by atoms with Crippen molar-refractivity contribution in [2.24, 2.45) is 10.7 Å². The fraction of sp³-hybridized carbons (Fsp3) is 0.278. The summed E-state index contributed by atoms with van der Waals surface area (Å²) < 4.78 is 38.8. The smallest absolute Gasteiger partial charge is 0.369 e. The van der Waals surface area contributed by atoms with E-state index in [-0.39, 0.29) is 5.96 Å². The normalized spacial score (nSPS) is 15.1. The van der Waals surface area contributed by atoms with Crippen LogP contribution in [-0.4, -0.2) is 12.5 Å². The minimum Gasteiger partial charge on any atom is -0.369 e. The van der Waals surface area contributed by atoms with Crippen molar-refractivity contribution in [3.63, 3.8) is 0 Å². The number of rotatable bonds is 2. The summed E-state index contributed by atoms with van der Waals surface area (Å²) in [7, 11) is 0. The van der Waals surface area contributed by atoms with Crippen LogP contribution in [0.3, 0.4) is 0 Å². The fourth-order valence-corrected chi connectivity index (χ4v) is 3.29. The first kappa shape index (κ1) is 18.9. The van der Waals surface area contributed by atoms with Crippen LogP contribution in [0.1, 0.15) is 23.1 Å². The summed E-state index contributed by atoms with van der Waals surface area (Å²) in [6.45, 7) is 0.581. The summed E-state index contributed by atoms with van der Waals surface area (Å²) in [6.07, 6.45) is -3.11. The Kier molecular flexibility index (Phi) is 5.39. The second kappa shape index (κ2) is 7.40. The summed E-state index contributed by atoms with van der Waals surface area (Å²) in [5, 5.41) is 0.447. The van der Waals surface area contributed by atoms with Gasteiger partial charge in [-0.3, -0.25) is 0 Å². The Hall–Kier alpha value is -1.86. The SMILES string of the molecule is NC(=Nc1cc(CS)ccc1Cl)N1CCCc2cc(C(F)(F)F)ccc21. The first-order chi connectivity index (χ1) is 12.3. The summed E-state index contributed by atoms with van der Waals surface area (Å²) in [4.78, 5) is 6.12. The van der Waals surface area contributed by atoms with E-state index in [9.17, 15) is 13.2 Å². The van der Waals surface area contributed by atoms with Gasteiger partial charge >= 0.3 is 6.18 Å². The molecule has 0 spiro atoms. The Labute approximate surface area is 160 Å². The van der Waals surface area contributed by atoms with Crippen molar-refractivity contribution in [3.05, 3.63) is 58.1 Å². The van der Waals surface area contributed by atoms with Crippen molar-refractivity contribution in [3.8, 4) is 0 Å². The van der Waals surface area contributed by atoms with Crippen molar-refractivity contribution >= 4 is 41.6 Å². The number of hydrogen-bond donors (Lipinski definition) is 2. The highest BCUT2D eigenvalue weighted by molar-refractivity contribution is 7.79. The number of nitrogens with zero attached hydrogens (tertiary/aromatic N) is 2. The van der Waals surface area contributed by atoms with Crippen LogP contribution in [0.4, 0.5) is 24.5 Å². The number of hydrogen-bond acceptors (Lipinski definition) is 2. The summed E-state index contributed by atoms with van der Waals surface area (Å²) >= 11 is 10.4. The Morgan fingerprint density at radius 1 is 1.23 bits per heavy atom. The van der Waals surface area contributed by atoms with E-state index in [1.807, 2.05) is 6.07 Å². The highest BCUT2D eigenvalue weighted by atomic mass is 35.5. The first-order valence-corrected chi connectivity index (χ1v) is 9.02. The van der Waals surface area contributed by atoms with Crippen molar-refractivity contribution in [2.75, 3.05) is 11.4 Å². The second-order valence-electron chi connectivity index (χ2n) is 6.01. The van der Waals surface area contributed by atoms with Crippen LogP contribution in [0.15, 0.2) is 41.4 Å². The van der Waals surface area contributed by atoms with E-state index in [1.54, 1.807) is 17.0 Å². The van der Waals surface area contributed by atoms with Crippen LogP contribution in [0.25, 0.3) is 0 Å². The van der Waals surface area contributed by atoms with Crippen LogP contribution in [-0.2, 0) is 18.3 Å². The number of benzene rings is 2. The molecule has 26 heavy (non-hydrogen) atoms. The molecule has 1 aliphatic heterocycles. The van der Waals surface area contributed by atoms with Crippen LogP contribution in [0.5, 0.6) is 0 Å². The van der Waals surface area contributed by atoms with Gasteiger partial charge in [-0.25, -0.2) is 4.99 Å². The molecular weight excluding hydrogens is 383 g/mol. The minimum absolute atomic E-state index is 0.198. The maximum Gasteiger partial charge on any atom is 0.416 e. The molecule has 8 heteroatoms. The number of nitrogens with two attached hydrogens (primary N) is 1. The van der Waals surface area contributed by atoms with Crippen LogP contribution < -0.4 is 10.6 Å². The number of anilines is 1. The Morgan fingerprint density at radius 2 is 2.00 bits per heavy atom. The number of aliphatic imine (C=N–C) groups is 1. The van der Waals surface area contributed by atoms with Gasteiger partial charge in [0, 0.05) is 18.0 Å². The lowest BCUT2D eigenvalue weighted by atomic mass is 9.99. The largest absolute Gasteiger partial charge is 0.416 e. The van der Waals surface area contributed by atoms with Crippen molar-refractivity contribution in [1.29, 1.82) is 0 Å². The molecule has 0 fully saturated rings. The zero-order chi connectivity index (χ0) is 18.9. The lowest BCUT2D eigenvalue weighted by molar-refractivity contribution is -0.137. The molecule has 2 aromatic rings. The zero-order valence-electron chi connectivity index (χ0n) is 13.7. The Balaban J connectivity index is 1.96. The maximum atomic E-state index is 12.9. The van der Waals surface area contributed by atoms with Gasteiger partial charge < -0.3 is 10.6 Å². The van der Waals surface area contributed by atoms with Crippen LogP contribution >= 0.6 is 24.2 Å². The molecule has 0 bridgehead atoms. The molecular formula is C18H17ClF3N3S. The highest BCUT2D eigenvalue weighted by Gasteiger charge is 2.32. The molecule has 3 rings (SSSR count).